The number of rotatable bonds is 4. The van der Waals surface area contributed by atoms with E-state index in [1.807, 2.05) is 0 Å². The molecule has 21 heavy (non-hydrogen) atoms. The first kappa shape index (κ1) is 15.5. The normalized spacial score (nSPS) is 11.1. The van der Waals surface area contributed by atoms with Crippen LogP contribution in [0, 0.1) is 0 Å². The van der Waals surface area contributed by atoms with Gasteiger partial charge in [-0.05, 0) is 29.8 Å². The molecule has 2 rings (SSSR count). The predicted octanol–water partition coefficient (Wildman–Crippen LogP) is 2.28. The van der Waals surface area contributed by atoms with Gasteiger partial charge in [0, 0.05) is 5.69 Å². The van der Waals surface area contributed by atoms with Gasteiger partial charge in [0.25, 0.3) is 10.0 Å². The Kier molecular flexibility index (Phi) is 4.31. The molecule has 0 unspecified atom stereocenters. The lowest BCUT2D eigenvalue weighted by molar-refractivity contribution is 0.0697. The zero-order valence-electron chi connectivity index (χ0n) is 10.1. The number of nitrogens with one attached hydrogen (secondary N) is 1. The van der Waals surface area contributed by atoms with Crippen LogP contribution in [0.2, 0.25) is 10.3 Å². The lowest BCUT2D eigenvalue weighted by Crippen LogP contribution is -2.14. The van der Waals surface area contributed by atoms with Gasteiger partial charge in [0.2, 0.25) is 5.28 Å². The molecular formula is C11H7Cl2N3O4S. The molecule has 0 saturated carbocycles. The molecule has 0 bridgehead atoms. The van der Waals surface area contributed by atoms with E-state index in [0.717, 1.165) is 18.5 Å². The van der Waals surface area contributed by atoms with Gasteiger partial charge >= 0.3 is 5.97 Å². The third-order valence-electron chi connectivity index (χ3n) is 2.36. The smallest absolute Gasteiger partial charge is 0.337 e. The average Bonchev–Trinajstić information content (AvgIpc) is 2.41. The van der Waals surface area contributed by atoms with Crippen molar-refractivity contribution in [2.24, 2.45) is 0 Å². The second kappa shape index (κ2) is 5.84. The van der Waals surface area contributed by atoms with E-state index in [9.17, 15) is 13.2 Å². The molecular weight excluding hydrogens is 341 g/mol. The van der Waals surface area contributed by atoms with Gasteiger partial charge < -0.3 is 5.11 Å². The summed E-state index contributed by atoms with van der Waals surface area (Å²) < 4.78 is 26.3. The molecule has 0 saturated heterocycles. The molecule has 0 radical (unpaired) electrons. The highest BCUT2D eigenvalue weighted by Gasteiger charge is 2.17. The fourth-order valence-electron chi connectivity index (χ4n) is 1.41. The number of benzene rings is 1. The summed E-state index contributed by atoms with van der Waals surface area (Å²) in [6, 6.07) is 3.73. The van der Waals surface area contributed by atoms with Gasteiger partial charge in [0.05, 0.1) is 23.0 Å². The van der Waals surface area contributed by atoms with Crippen LogP contribution in [-0.2, 0) is 10.0 Å². The van der Waals surface area contributed by atoms with Crippen LogP contribution in [-0.4, -0.2) is 29.5 Å². The molecule has 0 spiro atoms. The van der Waals surface area contributed by atoms with Gasteiger partial charge in [-0.1, -0.05) is 11.6 Å². The van der Waals surface area contributed by atoms with Crippen LogP contribution in [0.25, 0.3) is 0 Å². The second-order valence-corrected chi connectivity index (χ2v) is 6.22. The van der Waals surface area contributed by atoms with Crippen molar-refractivity contribution in [1.82, 2.24) is 9.97 Å². The molecule has 1 aromatic heterocycles. The summed E-state index contributed by atoms with van der Waals surface area (Å²) in [4.78, 5) is 17.9. The Morgan fingerprint density at radius 1 is 1.19 bits per heavy atom. The van der Waals surface area contributed by atoms with E-state index in [0.29, 0.717) is 0 Å². The summed E-state index contributed by atoms with van der Waals surface area (Å²) in [6.07, 6.45) is 2.07. The summed E-state index contributed by atoms with van der Waals surface area (Å²) in [5.74, 6) is -1.27. The van der Waals surface area contributed by atoms with E-state index >= 15 is 0 Å². The van der Waals surface area contributed by atoms with Crippen molar-refractivity contribution in [3.05, 3.63) is 46.5 Å². The summed E-state index contributed by atoms with van der Waals surface area (Å²) in [7, 11) is -3.96. The summed E-state index contributed by atoms with van der Waals surface area (Å²) >= 11 is 11.2. The van der Waals surface area contributed by atoms with E-state index < -0.39 is 16.0 Å². The summed E-state index contributed by atoms with van der Waals surface area (Å²) in [5, 5.41) is 8.85. The fraction of sp³-hybridized carbons (Fsp3) is 0. The quantitative estimate of drug-likeness (QED) is 0.821. The second-order valence-electron chi connectivity index (χ2n) is 3.79. The van der Waals surface area contributed by atoms with Gasteiger partial charge in [0.15, 0.2) is 0 Å². The molecule has 110 valence electrons. The summed E-state index contributed by atoms with van der Waals surface area (Å²) in [5.41, 5.74) is -0.170. The van der Waals surface area contributed by atoms with E-state index in [1.54, 1.807) is 0 Å². The van der Waals surface area contributed by atoms with Gasteiger partial charge in [-0.3, -0.25) is 4.72 Å². The Morgan fingerprint density at radius 3 is 2.38 bits per heavy atom. The fourth-order valence-corrected chi connectivity index (χ4v) is 2.64. The minimum atomic E-state index is -3.96. The summed E-state index contributed by atoms with van der Waals surface area (Å²) in [6.45, 7) is 0. The number of halogens is 2. The maximum Gasteiger partial charge on any atom is 0.337 e. The molecule has 1 aromatic carbocycles. The number of carboxylic acids is 1. The molecule has 2 N–H and O–H groups in total. The highest BCUT2D eigenvalue weighted by atomic mass is 35.5. The lowest BCUT2D eigenvalue weighted by Gasteiger charge is -2.09. The van der Waals surface area contributed by atoms with Crippen LogP contribution in [0.3, 0.4) is 0 Å². The van der Waals surface area contributed by atoms with Crippen molar-refractivity contribution in [1.29, 1.82) is 0 Å². The van der Waals surface area contributed by atoms with Crippen LogP contribution in [0.4, 0.5) is 5.69 Å². The predicted molar refractivity (Wildman–Crippen MR) is 76.3 cm³/mol. The number of sulfonamides is 1. The van der Waals surface area contributed by atoms with Crippen LogP contribution >= 0.6 is 23.2 Å². The van der Waals surface area contributed by atoms with Crippen LogP contribution in [0.15, 0.2) is 35.5 Å². The first-order valence-electron chi connectivity index (χ1n) is 5.33. The largest absolute Gasteiger partial charge is 0.478 e. The number of hydrogen-bond donors (Lipinski definition) is 2. The Labute approximate surface area is 129 Å². The van der Waals surface area contributed by atoms with E-state index in [1.165, 1.54) is 12.1 Å². The number of anilines is 1. The van der Waals surface area contributed by atoms with Crippen molar-refractivity contribution in [2.45, 2.75) is 4.90 Å². The number of aromatic carboxylic acids is 1. The zero-order valence-corrected chi connectivity index (χ0v) is 12.4. The Balaban J connectivity index is 2.35. The molecule has 7 nitrogen and oxygen atoms in total. The van der Waals surface area contributed by atoms with Crippen molar-refractivity contribution >= 4 is 44.9 Å². The number of nitrogens with zero attached hydrogens (tertiary/aromatic N) is 2. The third-order valence-corrected chi connectivity index (χ3v) is 4.22. The number of aromatic nitrogens is 2. The number of hydrogen-bond acceptors (Lipinski definition) is 5. The number of carboxylic acid groups (broad SMARTS) is 1. The first-order chi connectivity index (χ1) is 9.79. The first-order valence-corrected chi connectivity index (χ1v) is 7.57. The van der Waals surface area contributed by atoms with E-state index in [4.69, 9.17) is 28.3 Å². The molecule has 0 atom stereocenters. The Bertz CT molecular complexity index is 794. The maximum absolute atomic E-state index is 12.1. The molecule has 0 aliphatic rings. The van der Waals surface area contributed by atoms with Crippen molar-refractivity contribution in [3.8, 4) is 0 Å². The average molecular weight is 348 g/mol. The number of carbonyl (C=O) groups is 1. The highest BCUT2D eigenvalue weighted by Crippen LogP contribution is 2.22. The van der Waals surface area contributed by atoms with Crippen LogP contribution in [0.5, 0.6) is 0 Å². The maximum atomic E-state index is 12.1. The molecule has 2 aromatic rings. The highest BCUT2D eigenvalue weighted by molar-refractivity contribution is 7.92. The van der Waals surface area contributed by atoms with Gasteiger partial charge in [0.1, 0.15) is 4.90 Å². The third kappa shape index (κ3) is 3.60. The minimum absolute atomic E-state index is 0.000254. The monoisotopic (exact) mass is 347 g/mol. The van der Waals surface area contributed by atoms with E-state index in [-0.39, 0.29) is 26.5 Å². The van der Waals surface area contributed by atoms with Gasteiger partial charge in [-0.2, -0.15) is 0 Å². The van der Waals surface area contributed by atoms with Crippen molar-refractivity contribution < 1.29 is 18.3 Å². The molecule has 0 aliphatic carbocycles. The molecule has 0 amide bonds. The lowest BCUT2D eigenvalue weighted by atomic mass is 10.2. The van der Waals surface area contributed by atoms with Gasteiger partial charge in [-0.15, -0.1) is 0 Å². The standard InChI is InChI=1S/C11H7Cl2N3O4S/c12-9-2-1-6(3-8(9)10(17)18)16-21(19,20)7-4-14-11(13)15-5-7/h1-5,16H,(H,17,18). The Morgan fingerprint density at radius 2 is 1.81 bits per heavy atom. The molecule has 0 fully saturated rings. The van der Waals surface area contributed by atoms with Crippen LogP contribution < -0.4 is 4.72 Å². The molecule has 0 aliphatic heterocycles. The molecule has 10 heteroatoms. The SMILES string of the molecule is O=C(O)c1cc(NS(=O)(=O)c2cnc(Cl)nc2)ccc1Cl. The van der Waals surface area contributed by atoms with E-state index in [2.05, 4.69) is 14.7 Å². The minimum Gasteiger partial charge on any atom is -0.478 e. The molecule has 1 heterocycles. The zero-order chi connectivity index (χ0) is 15.6. The van der Waals surface area contributed by atoms with Crippen molar-refractivity contribution in [2.75, 3.05) is 4.72 Å². The van der Waals surface area contributed by atoms with Crippen molar-refractivity contribution in [3.63, 3.8) is 0 Å². The Hall–Kier alpha value is -1.90. The topological polar surface area (TPSA) is 109 Å². The van der Waals surface area contributed by atoms with Gasteiger partial charge in [-0.25, -0.2) is 23.2 Å². The van der Waals surface area contributed by atoms with Crippen LogP contribution in [0.1, 0.15) is 10.4 Å².